The summed E-state index contributed by atoms with van der Waals surface area (Å²) >= 11 is 0. The Morgan fingerprint density at radius 2 is 1.91 bits per heavy atom. The fourth-order valence-electron chi connectivity index (χ4n) is 3.99. The molecule has 5 rings (SSSR count). The van der Waals surface area contributed by atoms with Crippen molar-refractivity contribution in [3.05, 3.63) is 60.0 Å². The van der Waals surface area contributed by atoms with Gasteiger partial charge < -0.3 is 9.09 Å². The van der Waals surface area contributed by atoms with E-state index in [2.05, 4.69) is 19.6 Å². The lowest BCUT2D eigenvalue weighted by Gasteiger charge is -2.25. The van der Waals surface area contributed by atoms with Crippen molar-refractivity contribution in [3.63, 3.8) is 0 Å². The lowest BCUT2D eigenvalue weighted by Crippen LogP contribution is -2.29. The van der Waals surface area contributed by atoms with Crippen LogP contribution in [-0.2, 0) is 18.0 Å². The summed E-state index contributed by atoms with van der Waals surface area (Å²) in [5.74, 6) is -2.36. The summed E-state index contributed by atoms with van der Waals surface area (Å²) in [6, 6.07) is 10.7. The molecule has 0 saturated carbocycles. The molecule has 1 atom stereocenters. The average molecular weight is 445 g/mol. The number of imidazole rings is 1. The zero-order chi connectivity index (χ0) is 22.6. The highest BCUT2D eigenvalue weighted by atomic mass is 19.4. The Hall–Kier alpha value is -3.76. The minimum Gasteiger partial charge on any atom is -0.329 e. The van der Waals surface area contributed by atoms with Gasteiger partial charge in [0, 0.05) is 19.0 Å². The molecule has 1 saturated heterocycles. The van der Waals surface area contributed by atoms with E-state index in [0.717, 1.165) is 17.1 Å². The largest absolute Gasteiger partial charge is 0.471 e. The average Bonchev–Trinajstić information content (AvgIpc) is 3.46. The number of para-hydroxylation sites is 2. The van der Waals surface area contributed by atoms with Crippen LogP contribution in [0.1, 0.15) is 30.6 Å². The Labute approximate surface area is 178 Å². The monoisotopic (exact) mass is 445 g/mol. The maximum atomic E-state index is 15.1. The van der Waals surface area contributed by atoms with Gasteiger partial charge in [0.05, 0.1) is 22.8 Å². The number of carbonyl (C=O) groups is 1. The minimum absolute atomic E-state index is 0.00331. The van der Waals surface area contributed by atoms with Crippen LogP contribution in [0.2, 0.25) is 0 Å². The molecule has 0 radical (unpaired) electrons. The van der Waals surface area contributed by atoms with Gasteiger partial charge in [-0.25, -0.2) is 9.37 Å². The summed E-state index contributed by atoms with van der Waals surface area (Å²) in [6.45, 7) is 0. The first kappa shape index (κ1) is 20.2. The molecule has 164 valence electrons. The smallest absolute Gasteiger partial charge is 0.329 e. The van der Waals surface area contributed by atoms with Gasteiger partial charge in [-0.05, 0) is 36.8 Å². The topological polar surface area (TPSA) is 77.0 Å². The van der Waals surface area contributed by atoms with Crippen LogP contribution in [0.25, 0.3) is 22.4 Å². The third-order valence-electron chi connectivity index (χ3n) is 5.47. The molecule has 0 spiro atoms. The van der Waals surface area contributed by atoms with Crippen LogP contribution < -0.4 is 4.90 Å². The molecule has 1 unspecified atom stereocenters. The summed E-state index contributed by atoms with van der Waals surface area (Å²) < 4.78 is 59.2. The number of nitrogens with zero attached hydrogens (tertiary/aromatic N) is 5. The van der Waals surface area contributed by atoms with Gasteiger partial charge in [0.2, 0.25) is 11.7 Å². The van der Waals surface area contributed by atoms with Crippen LogP contribution in [0.5, 0.6) is 0 Å². The van der Waals surface area contributed by atoms with Gasteiger partial charge in [0.25, 0.3) is 0 Å². The summed E-state index contributed by atoms with van der Waals surface area (Å²) in [5, 5.41) is 3.27. The summed E-state index contributed by atoms with van der Waals surface area (Å²) in [4.78, 5) is 21.9. The number of amides is 1. The molecule has 3 heterocycles. The molecule has 2 aromatic carbocycles. The van der Waals surface area contributed by atoms with Crippen LogP contribution >= 0.6 is 0 Å². The molecule has 1 fully saturated rings. The number of hydrogen-bond acceptors (Lipinski definition) is 5. The SMILES string of the molecule is Cn1c(C2CCC(=O)N2c2ccc(-c3noc(C(F)(F)F)n3)cc2F)nc2ccccc21. The van der Waals surface area contributed by atoms with E-state index in [4.69, 9.17) is 0 Å². The van der Waals surface area contributed by atoms with Crippen LogP contribution in [0.4, 0.5) is 23.2 Å². The van der Waals surface area contributed by atoms with E-state index in [-0.39, 0.29) is 23.6 Å². The molecule has 1 amide bonds. The van der Waals surface area contributed by atoms with Crippen molar-refractivity contribution >= 4 is 22.6 Å². The summed E-state index contributed by atoms with van der Waals surface area (Å²) in [5.41, 5.74) is 1.65. The number of aromatic nitrogens is 4. The standard InChI is InChI=1S/C21H15F4N5O2/c1-29-15-5-3-2-4-13(15)26-19(29)16-8-9-17(31)30(16)14-7-6-11(10-12(14)22)18-27-20(32-28-18)21(23,24)25/h2-7,10,16H,8-9H2,1H3. The summed E-state index contributed by atoms with van der Waals surface area (Å²) in [7, 11) is 1.83. The van der Waals surface area contributed by atoms with Crippen LogP contribution in [0.3, 0.4) is 0 Å². The molecular formula is C21H15F4N5O2. The van der Waals surface area contributed by atoms with E-state index in [9.17, 15) is 18.0 Å². The Kier molecular flexibility index (Phi) is 4.50. The van der Waals surface area contributed by atoms with E-state index >= 15 is 4.39 Å². The van der Waals surface area contributed by atoms with E-state index in [1.807, 2.05) is 35.9 Å². The highest BCUT2D eigenvalue weighted by Crippen LogP contribution is 2.39. The number of carbonyl (C=O) groups excluding carboxylic acids is 1. The second kappa shape index (κ2) is 7.14. The van der Waals surface area contributed by atoms with Gasteiger partial charge in [0.1, 0.15) is 11.6 Å². The lowest BCUT2D eigenvalue weighted by molar-refractivity contribution is -0.159. The van der Waals surface area contributed by atoms with Gasteiger partial charge in [0.15, 0.2) is 0 Å². The van der Waals surface area contributed by atoms with E-state index in [0.29, 0.717) is 12.2 Å². The van der Waals surface area contributed by atoms with E-state index in [1.54, 1.807) is 0 Å². The number of hydrogen-bond donors (Lipinski definition) is 0. The third-order valence-corrected chi connectivity index (χ3v) is 5.47. The molecule has 1 aliphatic heterocycles. The first-order valence-corrected chi connectivity index (χ1v) is 9.68. The molecule has 1 aliphatic rings. The lowest BCUT2D eigenvalue weighted by atomic mass is 10.1. The number of rotatable bonds is 3. The number of aryl methyl sites for hydroxylation is 1. The normalized spacial score (nSPS) is 17.0. The van der Waals surface area contributed by atoms with Crippen molar-refractivity contribution < 1.29 is 26.9 Å². The molecular weight excluding hydrogens is 430 g/mol. The molecule has 0 N–H and O–H groups in total. The van der Waals surface area contributed by atoms with Crippen molar-refractivity contribution in [2.45, 2.75) is 25.1 Å². The zero-order valence-electron chi connectivity index (χ0n) is 16.6. The molecule has 32 heavy (non-hydrogen) atoms. The Morgan fingerprint density at radius 1 is 1.12 bits per heavy atom. The van der Waals surface area contributed by atoms with Gasteiger partial charge in [-0.2, -0.15) is 18.2 Å². The molecule has 0 aliphatic carbocycles. The van der Waals surface area contributed by atoms with Gasteiger partial charge in [-0.3, -0.25) is 9.69 Å². The molecule has 0 bridgehead atoms. The van der Waals surface area contributed by atoms with Crippen LogP contribution in [0, 0.1) is 5.82 Å². The predicted molar refractivity (Wildman–Crippen MR) is 105 cm³/mol. The Bertz CT molecular complexity index is 1340. The van der Waals surface area contributed by atoms with E-state index in [1.165, 1.54) is 17.0 Å². The minimum atomic E-state index is -4.80. The van der Waals surface area contributed by atoms with Crippen molar-refractivity contribution in [1.29, 1.82) is 0 Å². The molecule has 11 heteroatoms. The van der Waals surface area contributed by atoms with Gasteiger partial charge in [-0.1, -0.05) is 17.3 Å². The molecule has 7 nitrogen and oxygen atoms in total. The second-order valence-electron chi connectivity index (χ2n) is 7.42. The maximum absolute atomic E-state index is 15.1. The van der Waals surface area contributed by atoms with Gasteiger partial charge >= 0.3 is 12.1 Å². The molecule has 4 aromatic rings. The second-order valence-corrected chi connectivity index (χ2v) is 7.42. The highest BCUT2D eigenvalue weighted by molar-refractivity contribution is 5.96. The number of benzene rings is 2. The van der Waals surface area contributed by atoms with Gasteiger partial charge in [-0.15, -0.1) is 0 Å². The van der Waals surface area contributed by atoms with E-state index < -0.39 is 29.8 Å². The quantitative estimate of drug-likeness (QED) is 0.429. The highest BCUT2D eigenvalue weighted by Gasteiger charge is 2.39. The fraction of sp³-hybridized carbons (Fsp3) is 0.238. The van der Waals surface area contributed by atoms with Crippen molar-refractivity contribution in [1.82, 2.24) is 19.7 Å². The maximum Gasteiger partial charge on any atom is 0.471 e. The first-order chi connectivity index (χ1) is 15.2. The molecule has 2 aromatic heterocycles. The Balaban J connectivity index is 1.52. The zero-order valence-corrected chi connectivity index (χ0v) is 16.6. The number of anilines is 1. The van der Waals surface area contributed by atoms with Crippen molar-refractivity contribution in [2.24, 2.45) is 7.05 Å². The Morgan fingerprint density at radius 3 is 2.59 bits per heavy atom. The van der Waals surface area contributed by atoms with Crippen molar-refractivity contribution in [3.8, 4) is 11.4 Å². The number of alkyl halides is 3. The van der Waals surface area contributed by atoms with Crippen LogP contribution in [0.15, 0.2) is 47.0 Å². The van der Waals surface area contributed by atoms with Crippen molar-refractivity contribution in [2.75, 3.05) is 4.90 Å². The summed E-state index contributed by atoms with van der Waals surface area (Å²) in [6.07, 6.45) is -4.13. The van der Waals surface area contributed by atoms with Crippen LogP contribution in [-0.4, -0.2) is 25.6 Å². The fourth-order valence-corrected chi connectivity index (χ4v) is 3.99. The number of halogens is 4. The first-order valence-electron chi connectivity index (χ1n) is 9.68. The third kappa shape index (κ3) is 3.20. The number of fused-ring (bicyclic) bond motifs is 1. The predicted octanol–water partition coefficient (Wildman–Crippen LogP) is 4.65.